The zero-order valence-corrected chi connectivity index (χ0v) is 13.0. The molecule has 2 aromatic rings. The molecule has 3 rings (SSSR count). The van der Waals surface area contributed by atoms with Gasteiger partial charge in [-0.15, -0.1) is 0 Å². The molecule has 0 unspecified atom stereocenters. The van der Waals surface area contributed by atoms with Crippen LogP contribution in [0.4, 0.5) is 0 Å². The highest BCUT2D eigenvalue weighted by Crippen LogP contribution is 2.33. The van der Waals surface area contributed by atoms with E-state index in [0.717, 1.165) is 17.7 Å². The number of rotatable bonds is 3. The first kappa shape index (κ1) is 14.4. The van der Waals surface area contributed by atoms with Crippen molar-refractivity contribution in [1.82, 2.24) is 14.5 Å². The van der Waals surface area contributed by atoms with Gasteiger partial charge in [-0.2, -0.15) is 0 Å². The highest BCUT2D eigenvalue weighted by Gasteiger charge is 2.25. The topological polar surface area (TPSA) is 56.6 Å². The third-order valence-corrected chi connectivity index (χ3v) is 4.04. The Balaban J connectivity index is 1.87. The van der Waals surface area contributed by atoms with E-state index in [1.54, 1.807) is 31.3 Å². The van der Waals surface area contributed by atoms with Crippen LogP contribution in [-0.4, -0.2) is 41.1 Å². The summed E-state index contributed by atoms with van der Waals surface area (Å²) in [4.78, 5) is 18.4. The van der Waals surface area contributed by atoms with Gasteiger partial charge in [-0.1, -0.05) is 0 Å². The summed E-state index contributed by atoms with van der Waals surface area (Å²) < 4.78 is 12.4. The summed E-state index contributed by atoms with van der Waals surface area (Å²) in [5.41, 5.74) is 2.90. The number of nitrogens with zero attached hydrogens (tertiary/aromatic N) is 3. The number of methoxy groups -OCH3 is 2. The van der Waals surface area contributed by atoms with E-state index in [1.165, 1.54) is 5.56 Å². The second-order valence-electron chi connectivity index (χ2n) is 5.34. The number of benzene rings is 1. The monoisotopic (exact) mass is 301 g/mol. The molecular formula is C16H19N3O3. The second-order valence-corrected chi connectivity index (χ2v) is 5.34. The van der Waals surface area contributed by atoms with E-state index in [9.17, 15) is 4.79 Å². The molecule has 1 aliphatic rings. The van der Waals surface area contributed by atoms with Gasteiger partial charge in [0.15, 0.2) is 11.5 Å². The molecule has 1 amide bonds. The number of carbonyl (C=O) groups is 1. The largest absolute Gasteiger partial charge is 0.493 e. The lowest BCUT2D eigenvalue weighted by atomic mass is 9.98. The number of hydrogen-bond acceptors (Lipinski definition) is 4. The summed E-state index contributed by atoms with van der Waals surface area (Å²) in [5.74, 6) is 1.42. The van der Waals surface area contributed by atoms with Crippen LogP contribution >= 0.6 is 0 Å². The number of fused-ring (bicyclic) bond motifs is 1. The van der Waals surface area contributed by atoms with Gasteiger partial charge in [0.25, 0.3) is 5.91 Å². The lowest BCUT2D eigenvalue weighted by molar-refractivity contribution is 0.0724. The van der Waals surface area contributed by atoms with Gasteiger partial charge in [0, 0.05) is 20.1 Å². The lowest BCUT2D eigenvalue weighted by Gasteiger charge is -2.29. The molecule has 1 aromatic carbocycles. The lowest BCUT2D eigenvalue weighted by Crippen LogP contribution is -2.36. The van der Waals surface area contributed by atoms with Gasteiger partial charge >= 0.3 is 0 Å². The summed E-state index contributed by atoms with van der Waals surface area (Å²) in [6, 6.07) is 3.96. The van der Waals surface area contributed by atoms with E-state index in [-0.39, 0.29) is 5.91 Å². The molecule has 0 bridgehead atoms. The molecule has 22 heavy (non-hydrogen) atoms. The summed E-state index contributed by atoms with van der Waals surface area (Å²) in [6.07, 6.45) is 4.05. The third-order valence-electron chi connectivity index (χ3n) is 4.04. The van der Waals surface area contributed by atoms with Crippen molar-refractivity contribution < 1.29 is 14.3 Å². The first-order chi connectivity index (χ1) is 10.6. The van der Waals surface area contributed by atoms with Gasteiger partial charge in [0.05, 0.1) is 26.7 Å². The Morgan fingerprint density at radius 2 is 1.86 bits per heavy atom. The van der Waals surface area contributed by atoms with Crippen LogP contribution in [-0.2, 0) is 20.0 Å². The Kier molecular flexibility index (Phi) is 3.75. The average molecular weight is 301 g/mol. The summed E-state index contributed by atoms with van der Waals surface area (Å²) in [6.45, 7) is 1.26. The van der Waals surface area contributed by atoms with Gasteiger partial charge in [-0.05, 0) is 29.7 Å². The van der Waals surface area contributed by atoms with Crippen LogP contribution in [0.25, 0.3) is 0 Å². The molecule has 6 heteroatoms. The minimum absolute atomic E-state index is 0.000403. The maximum atomic E-state index is 12.6. The van der Waals surface area contributed by atoms with Crippen molar-refractivity contribution in [2.24, 2.45) is 7.05 Å². The van der Waals surface area contributed by atoms with E-state index in [2.05, 4.69) is 4.98 Å². The Bertz CT molecular complexity index is 709. The number of carbonyl (C=O) groups excluding carboxylic acids is 1. The fraction of sp³-hybridized carbons (Fsp3) is 0.375. The molecule has 116 valence electrons. The van der Waals surface area contributed by atoms with Crippen molar-refractivity contribution in [2.75, 3.05) is 20.8 Å². The van der Waals surface area contributed by atoms with E-state index in [0.29, 0.717) is 24.5 Å². The third kappa shape index (κ3) is 2.41. The average Bonchev–Trinajstić information content (AvgIpc) is 2.98. The number of aromatic nitrogens is 2. The van der Waals surface area contributed by atoms with Gasteiger partial charge in [0.2, 0.25) is 0 Å². The Morgan fingerprint density at radius 1 is 1.18 bits per heavy atom. The normalized spacial score (nSPS) is 13.7. The second kappa shape index (κ2) is 5.71. The van der Waals surface area contributed by atoms with Crippen LogP contribution in [0.1, 0.15) is 21.6 Å². The van der Waals surface area contributed by atoms with E-state index in [1.807, 2.05) is 24.1 Å². The number of ether oxygens (including phenoxy) is 2. The maximum absolute atomic E-state index is 12.6. The molecular weight excluding hydrogens is 282 g/mol. The van der Waals surface area contributed by atoms with Gasteiger partial charge in [-0.3, -0.25) is 4.79 Å². The number of aryl methyl sites for hydroxylation is 1. The smallest absolute Gasteiger partial charge is 0.272 e. The molecule has 0 fully saturated rings. The van der Waals surface area contributed by atoms with Gasteiger partial charge in [-0.25, -0.2) is 4.98 Å². The Morgan fingerprint density at radius 3 is 2.45 bits per heavy atom. The predicted octanol–water partition coefficient (Wildman–Crippen LogP) is 1.64. The van der Waals surface area contributed by atoms with E-state index in [4.69, 9.17) is 9.47 Å². The van der Waals surface area contributed by atoms with Crippen molar-refractivity contribution in [1.29, 1.82) is 0 Å². The van der Waals surface area contributed by atoms with E-state index >= 15 is 0 Å². The van der Waals surface area contributed by atoms with Crippen molar-refractivity contribution in [3.05, 3.63) is 41.5 Å². The fourth-order valence-corrected chi connectivity index (χ4v) is 2.78. The first-order valence-electron chi connectivity index (χ1n) is 7.13. The van der Waals surface area contributed by atoms with Crippen LogP contribution in [0.15, 0.2) is 24.7 Å². The number of hydrogen-bond donors (Lipinski definition) is 0. The van der Waals surface area contributed by atoms with Gasteiger partial charge in [0.1, 0.15) is 5.69 Å². The number of imidazole rings is 1. The molecule has 2 heterocycles. The minimum atomic E-state index is 0.000403. The molecule has 6 nitrogen and oxygen atoms in total. The predicted molar refractivity (Wildman–Crippen MR) is 81.2 cm³/mol. The summed E-state index contributed by atoms with van der Waals surface area (Å²) >= 11 is 0. The van der Waals surface area contributed by atoms with Crippen LogP contribution < -0.4 is 9.47 Å². The standard InChI is InChI=1S/C16H19N3O3/c1-18-10-17-8-13(18)16(20)19-5-4-11-6-14(21-2)15(22-3)7-12(11)9-19/h6-8,10H,4-5,9H2,1-3H3. The molecule has 0 saturated carbocycles. The number of amides is 1. The molecule has 1 aliphatic heterocycles. The summed E-state index contributed by atoms with van der Waals surface area (Å²) in [7, 11) is 5.07. The molecule has 1 aromatic heterocycles. The van der Waals surface area contributed by atoms with Crippen molar-refractivity contribution in [2.45, 2.75) is 13.0 Å². The van der Waals surface area contributed by atoms with Crippen LogP contribution in [0.3, 0.4) is 0 Å². The molecule has 0 spiro atoms. The Labute approximate surface area is 129 Å². The van der Waals surface area contributed by atoms with Crippen LogP contribution in [0, 0.1) is 0 Å². The van der Waals surface area contributed by atoms with Gasteiger partial charge < -0.3 is 18.9 Å². The highest BCUT2D eigenvalue weighted by molar-refractivity contribution is 5.92. The van der Waals surface area contributed by atoms with Crippen molar-refractivity contribution in [3.63, 3.8) is 0 Å². The quantitative estimate of drug-likeness (QED) is 0.865. The maximum Gasteiger partial charge on any atom is 0.272 e. The molecule has 0 aliphatic carbocycles. The summed E-state index contributed by atoms with van der Waals surface area (Å²) in [5, 5.41) is 0. The molecule has 0 N–H and O–H groups in total. The molecule has 0 atom stereocenters. The fourth-order valence-electron chi connectivity index (χ4n) is 2.78. The molecule has 0 saturated heterocycles. The minimum Gasteiger partial charge on any atom is -0.493 e. The van der Waals surface area contributed by atoms with Crippen molar-refractivity contribution >= 4 is 5.91 Å². The zero-order valence-electron chi connectivity index (χ0n) is 13.0. The zero-order chi connectivity index (χ0) is 15.7. The Hall–Kier alpha value is -2.50. The van der Waals surface area contributed by atoms with Crippen LogP contribution in [0.5, 0.6) is 11.5 Å². The molecule has 0 radical (unpaired) electrons. The van der Waals surface area contributed by atoms with Crippen molar-refractivity contribution in [3.8, 4) is 11.5 Å². The SMILES string of the molecule is COc1cc2c(cc1OC)CN(C(=O)c1cncn1C)CC2. The first-order valence-corrected chi connectivity index (χ1v) is 7.13. The highest BCUT2D eigenvalue weighted by atomic mass is 16.5. The van der Waals surface area contributed by atoms with Crippen LogP contribution in [0.2, 0.25) is 0 Å². The van der Waals surface area contributed by atoms with E-state index < -0.39 is 0 Å².